The van der Waals surface area contributed by atoms with E-state index in [1.807, 2.05) is 24.5 Å². The fourth-order valence-electron chi connectivity index (χ4n) is 6.75. The Labute approximate surface area is 161 Å². The number of hydrogen-bond acceptors (Lipinski definition) is 2. The van der Waals surface area contributed by atoms with Gasteiger partial charge in [-0.1, -0.05) is 44.2 Å². The molecule has 0 spiro atoms. The number of rotatable bonds is 1. The van der Waals surface area contributed by atoms with Gasteiger partial charge >= 0.3 is 0 Å². The standard InChI is InChI=1S/C25H27NO/c1-16-13-19-21-7-6-20(17-5-4-12-26-15-17)24(21,2)11-9-22(19)25(3)10-8-18(27)14-23(16)25/h4-6,8,10,12,14-15,19,21-22H,1,7,9,11,13H2,2-3H3. The number of ketones is 1. The van der Waals surface area contributed by atoms with Crippen LogP contribution in [-0.2, 0) is 4.79 Å². The molecule has 0 radical (unpaired) electrons. The lowest BCUT2D eigenvalue weighted by Gasteiger charge is -2.57. The van der Waals surface area contributed by atoms with Gasteiger partial charge in [-0.3, -0.25) is 9.78 Å². The molecule has 4 aliphatic rings. The van der Waals surface area contributed by atoms with Crippen molar-refractivity contribution in [3.05, 3.63) is 72.1 Å². The minimum absolute atomic E-state index is 0.0354. The third kappa shape index (κ3) is 2.25. The van der Waals surface area contributed by atoms with E-state index in [9.17, 15) is 4.79 Å². The van der Waals surface area contributed by atoms with Crippen LogP contribution in [0.1, 0.15) is 45.1 Å². The molecule has 1 aromatic heterocycles. The molecule has 2 nitrogen and oxygen atoms in total. The van der Waals surface area contributed by atoms with Crippen molar-refractivity contribution in [1.82, 2.24) is 4.98 Å². The first-order chi connectivity index (χ1) is 12.9. The normalized spacial score (nSPS) is 40.0. The van der Waals surface area contributed by atoms with E-state index in [-0.39, 0.29) is 16.6 Å². The van der Waals surface area contributed by atoms with Crippen LogP contribution in [0.5, 0.6) is 0 Å². The molecule has 0 aromatic carbocycles. The number of carbonyl (C=O) groups is 1. The predicted octanol–water partition coefficient (Wildman–Crippen LogP) is 5.55. The molecule has 0 saturated heterocycles. The zero-order valence-corrected chi connectivity index (χ0v) is 16.2. The molecular weight excluding hydrogens is 330 g/mol. The van der Waals surface area contributed by atoms with E-state index in [2.05, 4.69) is 43.6 Å². The second kappa shape index (κ2) is 5.64. The SMILES string of the molecule is C=C1CC2C(CCC3(C)C(c4cccnc4)=CCC23)C2(C)C=CC(=O)C=C12. The van der Waals surface area contributed by atoms with E-state index < -0.39 is 0 Å². The predicted molar refractivity (Wildman–Crippen MR) is 109 cm³/mol. The average Bonchev–Trinajstić information content (AvgIpc) is 3.01. The molecule has 138 valence electrons. The van der Waals surface area contributed by atoms with Gasteiger partial charge in [0.25, 0.3) is 0 Å². The summed E-state index contributed by atoms with van der Waals surface area (Å²) in [6.07, 6.45) is 16.7. The molecule has 0 amide bonds. The Balaban J connectivity index is 1.53. The van der Waals surface area contributed by atoms with Crippen molar-refractivity contribution in [2.45, 2.75) is 39.5 Å². The number of carbonyl (C=O) groups excluding carboxylic acids is 1. The number of allylic oxidation sites excluding steroid dienone is 7. The Morgan fingerprint density at radius 1 is 1.22 bits per heavy atom. The number of aromatic nitrogens is 1. The molecule has 5 rings (SSSR count). The molecule has 0 N–H and O–H groups in total. The molecule has 0 bridgehead atoms. The molecular formula is C25H27NO. The molecule has 2 saturated carbocycles. The van der Waals surface area contributed by atoms with Crippen LogP contribution in [0.25, 0.3) is 5.57 Å². The highest BCUT2D eigenvalue weighted by Crippen LogP contribution is 2.66. The van der Waals surface area contributed by atoms with E-state index in [4.69, 9.17) is 0 Å². The minimum atomic E-state index is -0.0354. The summed E-state index contributed by atoms with van der Waals surface area (Å²) >= 11 is 0. The lowest BCUT2D eigenvalue weighted by atomic mass is 9.47. The Kier molecular flexibility index (Phi) is 3.53. The summed E-state index contributed by atoms with van der Waals surface area (Å²) in [5.74, 6) is 1.98. The third-order valence-electron chi connectivity index (χ3n) is 8.08. The highest BCUT2D eigenvalue weighted by molar-refractivity contribution is 6.01. The Bertz CT molecular complexity index is 921. The fourth-order valence-corrected chi connectivity index (χ4v) is 6.75. The average molecular weight is 357 g/mol. The van der Waals surface area contributed by atoms with Crippen LogP contribution < -0.4 is 0 Å². The Morgan fingerprint density at radius 3 is 2.85 bits per heavy atom. The van der Waals surface area contributed by atoms with Crippen molar-refractivity contribution in [2.24, 2.45) is 28.6 Å². The van der Waals surface area contributed by atoms with Gasteiger partial charge in [-0.15, -0.1) is 0 Å². The van der Waals surface area contributed by atoms with E-state index in [1.54, 1.807) is 6.08 Å². The maximum atomic E-state index is 12.0. The molecule has 4 aliphatic carbocycles. The lowest BCUT2D eigenvalue weighted by Crippen LogP contribution is -2.49. The monoisotopic (exact) mass is 357 g/mol. The lowest BCUT2D eigenvalue weighted by molar-refractivity contribution is -0.110. The highest BCUT2D eigenvalue weighted by atomic mass is 16.1. The summed E-state index contributed by atoms with van der Waals surface area (Å²) in [7, 11) is 0. The highest BCUT2D eigenvalue weighted by Gasteiger charge is 2.57. The fraction of sp³-hybridized carbons (Fsp3) is 0.440. The van der Waals surface area contributed by atoms with Gasteiger partial charge in [-0.2, -0.15) is 0 Å². The number of hydrogen-bond donors (Lipinski definition) is 0. The van der Waals surface area contributed by atoms with Crippen molar-refractivity contribution in [3.8, 4) is 0 Å². The summed E-state index contributed by atoms with van der Waals surface area (Å²) in [5.41, 5.74) is 5.33. The second-order valence-electron chi connectivity index (χ2n) is 9.31. The van der Waals surface area contributed by atoms with Crippen LogP contribution in [0.3, 0.4) is 0 Å². The van der Waals surface area contributed by atoms with Crippen molar-refractivity contribution < 1.29 is 4.79 Å². The quantitative estimate of drug-likeness (QED) is 0.659. The molecule has 5 unspecified atom stereocenters. The van der Waals surface area contributed by atoms with E-state index >= 15 is 0 Å². The van der Waals surface area contributed by atoms with Crippen LogP contribution >= 0.6 is 0 Å². The van der Waals surface area contributed by atoms with Crippen LogP contribution in [0.4, 0.5) is 0 Å². The number of fused-ring (bicyclic) bond motifs is 5. The summed E-state index contributed by atoms with van der Waals surface area (Å²) in [5, 5.41) is 0. The van der Waals surface area contributed by atoms with Crippen LogP contribution in [0.2, 0.25) is 0 Å². The molecule has 2 heteroatoms. The maximum absolute atomic E-state index is 12.0. The summed E-state index contributed by atoms with van der Waals surface area (Å²) in [6, 6.07) is 4.25. The molecule has 1 aromatic rings. The summed E-state index contributed by atoms with van der Waals surface area (Å²) in [4.78, 5) is 16.3. The van der Waals surface area contributed by atoms with E-state index in [0.29, 0.717) is 17.8 Å². The summed E-state index contributed by atoms with van der Waals surface area (Å²) < 4.78 is 0. The van der Waals surface area contributed by atoms with Gasteiger partial charge in [0.1, 0.15) is 0 Å². The smallest absolute Gasteiger partial charge is 0.178 e. The first-order valence-corrected chi connectivity index (χ1v) is 10.2. The van der Waals surface area contributed by atoms with Crippen molar-refractivity contribution in [1.29, 1.82) is 0 Å². The van der Waals surface area contributed by atoms with E-state index in [1.165, 1.54) is 35.1 Å². The molecule has 2 fully saturated rings. The van der Waals surface area contributed by atoms with Gasteiger partial charge < -0.3 is 0 Å². The largest absolute Gasteiger partial charge is 0.290 e. The van der Waals surface area contributed by atoms with Crippen molar-refractivity contribution in [3.63, 3.8) is 0 Å². The topological polar surface area (TPSA) is 30.0 Å². The van der Waals surface area contributed by atoms with Gasteiger partial charge in [0.2, 0.25) is 0 Å². The third-order valence-corrected chi connectivity index (χ3v) is 8.08. The molecule has 0 aliphatic heterocycles. The number of nitrogens with zero attached hydrogens (tertiary/aromatic N) is 1. The maximum Gasteiger partial charge on any atom is 0.178 e. The zero-order chi connectivity index (χ0) is 18.8. The van der Waals surface area contributed by atoms with Crippen molar-refractivity contribution >= 4 is 11.4 Å². The van der Waals surface area contributed by atoms with Gasteiger partial charge in [0.15, 0.2) is 5.78 Å². The van der Waals surface area contributed by atoms with Gasteiger partial charge in [-0.05, 0) is 83.8 Å². The molecule has 1 heterocycles. The number of pyridine rings is 1. The molecule has 27 heavy (non-hydrogen) atoms. The van der Waals surface area contributed by atoms with Crippen LogP contribution in [0.15, 0.2) is 66.6 Å². The second-order valence-corrected chi connectivity index (χ2v) is 9.31. The minimum Gasteiger partial charge on any atom is -0.290 e. The van der Waals surface area contributed by atoms with Gasteiger partial charge in [0.05, 0.1) is 0 Å². The molecule has 5 atom stereocenters. The van der Waals surface area contributed by atoms with Gasteiger partial charge in [-0.25, -0.2) is 0 Å². The van der Waals surface area contributed by atoms with E-state index in [0.717, 1.165) is 12.8 Å². The van der Waals surface area contributed by atoms with Gasteiger partial charge in [0, 0.05) is 17.8 Å². The first kappa shape index (κ1) is 16.9. The van der Waals surface area contributed by atoms with Crippen LogP contribution in [-0.4, -0.2) is 10.8 Å². The first-order valence-electron chi connectivity index (χ1n) is 10.2. The zero-order valence-electron chi connectivity index (χ0n) is 16.2. The van der Waals surface area contributed by atoms with Crippen molar-refractivity contribution in [2.75, 3.05) is 0 Å². The Hall–Kier alpha value is -2.22. The Morgan fingerprint density at radius 2 is 2.07 bits per heavy atom. The summed E-state index contributed by atoms with van der Waals surface area (Å²) in [6.45, 7) is 9.20. The van der Waals surface area contributed by atoms with Crippen LogP contribution in [0, 0.1) is 28.6 Å².